The third-order valence-corrected chi connectivity index (χ3v) is 6.28. The Balaban J connectivity index is 1.59. The van der Waals surface area contributed by atoms with E-state index in [2.05, 4.69) is 29.6 Å². The van der Waals surface area contributed by atoms with Crippen molar-refractivity contribution >= 4 is 23.6 Å². The lowest BCUT2D eigenvalue weighted by Crippen LogP contribution is -2.37. The fourth-order valence-electron chi connectivity index (χ4n) is 3.56. The van der Waals surface area contributed by atoms with Gasteiger partial charge in [-0.3, -0.25) is 9.59 Å². The van der Waals surface area contributed by atoms with Crippen LogP contribution in [0.3, 0.4) is 0 Å². The van der Waals surface area contributed by atoms with E-state index < -0.39 is 11.2 Å². The third-order valence-electron chi connectivity index (χ3n) is 5.12. The van der Waals surface area contributed by atoms with Crippen molar-refractivity contribution in [1.29, 1.82) is 0 Å². The molecular formula is C22H25NO3S. The van der Waals surface area contributed by atoms with Crippen molar-refractivity contribution in [2.75, 3.05) is 0 Å². The van der Waals surface area contributed by atoms with Crippen LogP contribution in [-0.4, -0.2) is 28.3 Å². The molecule has 0 spiro atoms. The zero-order valence-corrected chi connectivity index (χ0v) is 16.2. The van der Waals surface area contributed by atoms with Crippen molar-refractivity contribution in [3.05, 3.63) is 65.7 Å². The molecule has 1 aliphatic rings. The first-order valence-electron chi connectivity index (χ1n) is 9.39. The molecule has 1 unspecified atom stereocenters. The van der Waals surface area contributed by atoms with Crippen molar-refractivity contribution in [1.82, 2.24) is 5.32 Å². The molecule has 2 N–H and O–H groups in total. The van der Waals surface area contributed by atoms with Crippen molar-refractivity contribution in [3.63, 3.8) is 0 Å². The van der Waals surface area contributed by atoms with Gasteiger partial charge < -0.3 is 10.4 Å². The summed E-state index contributed by atoms with van der Waals surface area (Å²) in [4.78, 5) is 24.6. The van der Waals surface area contributed by atoms with Crippen molar-refractivity contribution < 1.29 is 14.7 Å². The van der Waals surface area contributed by atoms with Crippen LogP contribution in [0.5, 0.6) is 0 Å². The number of rotatable bonds is 6. The molecule has 5 heteroatoms. The van der Waals surface area contributed by atoms with Gasteiger partial charge in [-0.2, -0.15) is 0 Å². The maximum absolute atomic E-state index is 12.8. The predicted octanol–water partition coefficient (Wildman–Crippen LogP) is 4.71. The highest BCUT2D eigenvalue weighted by atomic mass is 32.2. The normalized spacial score (nSPS) is 20.6. The Morgan fingerprint density at radius 3 is 2.30 bits per heavy atom. The molecule has 27 heavy (non-hydrogen) atoms. The minimum absolute atomic E-state index is 0.112. The minimum Gasteiger partial charge on any atom is -0.480 e. The van der Waals surface area contributed by atoms with Crippen molar-refractivity contribution in [2.24, 2.45) is 0 Å². The second-order valence-corrected chi connectivity index (χ2v) is 8.41. The van der Waals surface area contributed by atoms with Gasteiger partial charge in [-0.1, -0.05) is 42.5 Å². The molecule has 1 aliphatic carbocycles. The maximum Gasteiger partial charge on any atom is 0.316 e. The first-order valence-corrected chi connectivity index (χ1v) is 10.3. The Hall–Kier alpha value is -2.27. The molecule has 0 radical (unpaired) electrons. The number of hydrogen-bond donors (Lipinski definition) is 2. The van der Waals surface area contributed by atoms with Crippen LogP contribution in [0.15, 0.2) is 59.5 Å². The van der Waals surface area contributed by atoms with Gasteiger partial charge in [0.05, 0.1) is 5.56 Å². The van der Waals surface area contributed by atoms with Gasteiger partial charge in [-0.05, 0) is 56.2 Å². The lowest BCUT2D eigenvalue weighted by molar-refractivity contribution is -0.136. The first-order chi connectivity index (χ1) is 13.0. The molecule has 0 aliphatic heterocycles. The number of carboxylic acids is 1. The highest BCUT2D eigenvalue weighted by Gasteiger charge is 2.25. The molecular weight excluding hydrogens is 358 g/mol. The number of thioether (sulfide) groups is 1. The quantitative estimate of drug-likeness (QED) is 0.709. The van der Waals surface area contributed by atoms with E-state index in [1.54, 1.807) is 13.0 Å². The van der Waals surface area contributed by atoms with Gasteiger partial charge in [0.25, 0.3) is 5.91 Å². The van der Waals surface area contributed by atoms with Crippen LogP contribution in [0.2, 0.25) is 0 Å². The lowest BCUT2D eigenvalue weighted by atomic mass is 9.82. The summed E-state index contributed by atoms with van der Waals surface area (Å²) >= 11 is 1.21. The SMILES string of the molecule is CC(Sc1ccccc1C(=O)NC1CCC(c2ccccc2)CC1)C(=O)O. The molecule has 142 valence electrons. The Morgan fingerprint density at radius 1 is 1.00 bits per heavy atom. The molecule has 4 nitrogen and oxygen atoms in total. The van der Waals surface area contributed by atoms with E-state index in [1.807, 2.05) is 24.3 Å². The average Bonchev–Trinajstić information content (AvgIpc) is 2.69. The Bertz CT molecular complexity index is 785. The molecule has 0 saturated heterocycles. The summed E-state index contributed by atoms with van der Waals surface area (Å²) in [6, 6.07) is 18.0. The fraction of sp³-hybridized carbons (Fsp3) is 0.364. The van der Waals surface area contributed by atoms with Gasteiger partial charge in [0.2, 0.25) is 0 Å². The average molecular weight is 384 g/mol. The number of hydrogen-bond acceptors (Lipinski definition) is 3. The monoisotopic (exact) mass is 383 g/mol. The number of aliphatic carboxylic acids is 1. The molecule has 0 heterocycles. The van der Waals surface area contributed by atoms with Crippen molar-refractivity contribution in [2.45, 2.75) is 54.7 Å². The molecule has 1 saturated carbocycles. The Kier molecular flexibility index (Phi) is 6.56. The largest absolute Gasteiger partial charge is 0.480 e. The van der Waals surface area contributed by atoms with Crippen LogP contribution in [-0.2, 0) is 4.79 Å². The Labute approximate surface area is 164 Å². The zero-order valence-electron chi connectivity index (χ0n) is 15.4. The number of benzene rings is 2. The predicted molar refractivity (Wildman–Crippen MR) is 108 cm³/mol. The number of carbonyl (C=O) groups is 2. The molecule has 1 atom stereocenters. The third kappa shape index (κ3) is 5.13. The van der Waals surface area contributed by atoms with Crippen LogP contribution < -0.4 is 5.32 Å². The van der Waals surface area contributed by atoms with E-state index in [-0.39, 0.29) is 11.9 Å². The molecule has 2 aromatic carbocycles. The van der Waals surface area contributed by atoms with Gasteiger partial charge in [0.15, 0.2) is 0 Å². The highest BCUT2D eigenvalue weighted by Crippen LogP contribution is 2.33. The van der Waals surface area contributed by atoms with E-state index >= 15 is 0 Å². The standard InChI is InChI=1S/C22H25NO3S/c1-15(22(25)26)27-20-10-6-5-9-19(20)21(24)23-18-13-11-17(12-14-18)16-7-3-2-4-8-16/h2-10,15,17-18H,11-14H2,1H3,(H,23,24)(H,25,26). The Morgan fingerprint density at radius 2 is 1.63 bits per heavy atom. The first kappa shape index (κ1) is 19.5. The molecule has 0 aromatic heterocycles. The summed E-state index contributed by atoms with van der Waals surface area (Å²) < 4.78 is 0. The molecule has 0 bridgehead atoms. The lowest BCUT2D eigenvalue weighted by Gasteiger charge is -2.29. The zero-order chi connectivity index (χ0) is 19.2. The summed E-state index contributed by atoms with van der Waals surface area (Å²) in [6.07, 6.45) is 4.07. The summed E-state index contributed by atoms with van der Waals surface area (Å²) in [5.74, 6) is -0.424. The second kappa shape index (κ2) is 9.09. The van der Waals surface area contributed by atoms with Gasteiger partial charge in [0.1, 0.15) is 5.25 Å². The maximum atomic E-state index is 12.8. The molecule has 1 amide bonds. The van der Waals surface area contributed by atoms with Crippen LogP contribution in [0, 0.1) is 0 Å². The summed E-state index contributed by atoms with van der Waals surface area (Å²) in [5.41, 5.74) is 1.94. The smallest absolute Gasteiger partial charge is 0.316 e. The van der Waals surface area contributed by atoms with Gasteiger partial charge in [-0.15, -0.1) is 11.8 Å². The summed E-state index contributed by atoms with van der Waals surface area (Å²) in [6.45, 7) is 1.63. The van der Waals surface area contributed by atoms with Gasteiger partial charge in [0, 0.05) is 10.9 Å². The number of carbonyl (C=O) groups excluding carboxylic acids is 1. The van der Waals surface area contributed by atoms with E-state index in [1.165, 1.54) is 17.3 Å². The summed E-state index contributed by atoms with van der Waals surface area (Å²) in [5, 5.41) is 11.7. The highest BCUT2D eigenvalue weighted by molar-refractivity contribution is 8.00. The van der Waals surface area contributed by atoms with Gasteiger partial charge in [-0.25, -0.2) is 0 Å². The number of carboxylic acid groups (broad SMARTS) is 1. The minimum atomic E-state index is -0.880. The summed E-state index contributed by atoms with van der Waals surface area (Å²) in [7, 11) is 0. The van der Waals surface area contributed by atoms with Crippen molar-refractivity contribution in [3.8, 4) is 0 Å². The number of amides is 1. The fourth-order valence-corrected chi connectivity index (χ4v) is 4.48. The van der Waals surface area contributed by atoms with Crippen LogP contribution in [0.25, 0.3) is 0 Å². The van der Waals surface area contributed by atoms with Gasteiger partial charge >= 0.3 is 5.97 Å². The number of nitrogens with one attached hydrogen (secondary N) is 1. The molecule has 3 rings (SSSR count). The molecule has 2 aromatic rings. The molecule has 1 fully saturated rings. The van der Waals surface area contributed by atoms with E-state index in [9.17, 15) is 9.59 Å². The van der Waals surface area contributed by atoms with Crippen LogP contribution >= 0.6 is 11.8 Å². The van der Waals surface area contributed by atoms with E-state index in [0.29, 0.717) is 16.4 Å². The van der Waals surface area contributed by atoms with Crippen LogP contribution in [0.4, 0.5) is 0 Å². The van der Waals surface area contributed by atoms with E-state index in [0.717, 1.165) is 25.7 Å². The topological polar surface area (TPSA) is 66.4 Å². The van der Waals surface area contributed by atoms with Crippen LogP contribution in [0.1, 0.15) is 54.4 Å². The second-order valence-electron chi connectivity index (χ2n) is 7.03. The van der Waals surface area contributed by atoms with E-state index in [4.69, 9.17) is 5.11 Å².